The molecule has 1 saturated heterocycles. The number of nitrogens with zero attached hydrogens (tertiary/aromatic N) is 3. The van der Waals surface area contributed by atoms with Crippen LogP contribution in [0.25, 0.3) is 11.3 Å². The van der Waals surface area contributed by atoms with Crippen LogP contribution in [0.2, 0.25) is 0 Å². The third-order valence-corrected chi connectivity index (χ3v) is 5.26. The van der Waals surface area contributed by atoms with Gasteiger partial charge in [0.05, 0.1) is 11.8 Å². The molecule has 1 atom stereocenters. The molecule has 1 aromatic carbocycles. The summed E-state index contributed by atoms with van der Waals surface area (Å²) in [4.78, 5) is 23.4. The number of pyridine rings is 2. The third kappa shape index (κ3) is 4.43. The van der Waals surface area contributed by atoms with E-state index in [0.717, 1.165) is 42.0 Å². The Labute approximate surface area is 170 Å². The van der Waals surface area contributed by atoms with Gasteiger partial charge in [-0.25, -0.2) is 0 Å². The van der Waals surface area contributed by atoms with E-state index in [2.05, 4.69) is 20.2 Å². The van der Waals surface area contributed by atoms with Gasteiger partial charge in [0.2, 0.25) is 0 Å². The van der Waals surface area contributed by atoms with Gasteiger partial charge in [-0.3, -0.25) is 14.8 Å². The first kappa shape index (κ1) is 19.1. The quantitative estimate of drug-likeness (QED) is 0.702. The zero-order valence-corrected chi connectivity index (χ0v) is 16.4. The van der Waals surface area contributed by atoms with Crippen molar-refractivity contribution in [1.82, 2.24) is 15.3 Å². The van der Waals surface area contributed by atoms with E-state index < -0.39 is 0 Å². The molecule has 1 unspecified atom stereocenters. The molecule has 0 spiro atoms. The number of carbonyl (C=O) groups is 1. The Balaban J connectivity index is 1.41. The van der Waals surface area contributed by atoms with Gasteiger partial charge in [0.15, 0.2) is 0 Å². The van der Waals surface area contributed by atoms with Crippen molar-refractivity contribution in [3.8, 4) is 11.3 Å². The van der Waals surface area contributed by atoms with Crippen molar-refractivity contribution >= 4 is 11.6 Å². The summed E-state index contributed by atoms with van der Waals surface area (Å²) in [6.45, 7) is 2.28. The van der Waals surface area contributed by atoms with Crippen molar-refractivity contribution in [2.75, 3.05) is 25.1 Å². The van der Waals surface area contributed by atoms with Gasteiger partial charge in [-0.1, -0.05) is 6.07 Å². The van der Waals surface area contributed by atoms with E-state index in [1.807, 2.05) is 48.5 Å². The molecule has 3 heterocycles. The minimum atomic E-state index is -0.0997. The molecule has 148 valence electrons. The Morgan fingerprint density at radius 2 is 1.93 bits per heavy atom. The van der Waals surface area contributed by atoms with Crippen molar-refractivity contribution in [3.05, 3.63) is 78.2 Å². The Morgan fingerprint density at radius 3 is 2.66 bits per heavy atom. The van der Waals surface area contributed by atoms with Gasteiger partial charge in [-0.05, 0) is 54.4 Å². The summed E-state index contributed by atoms with van der Waals surface area (Å²) in [7, 11) is 1.75. The second kappa shape index (κ2) is 8.84. The highest BCUT2D eigenvalue weighted by atomic mass is 16.5. The van der Waals surface area contributed by atoms with Gasteiger partial charge in [-0.2, -0.15) is 0 Å². The largest absolute Gasteiger partial charge is 0.380 e. The van der Waals surface area contributed by atoms with Crippen molar-refractivity contribution < 1.29 is 9.53 Å². The molecule has 6 heteroatoms. The summed E-state index contributed by atoms with van der Waals surface area (Å²) < 4.78 is 5.43. The number of carbonyl (C=O) groups excluding carboxylic acids is 1. The van der Waals surface area contributed by atoms with E-state index in [9.17, 15) is 4.79 Å². The number of ether oxygens (including phenoxy) is 1. The van der Waals surface area contributed by atoms with Crippen LogP contribution in [0, 0.1) is 0 Å². The van der Waals surface area contributed by atoms with Gasteiger partial charge < -0.3 is 15.0 Å². The van der Waals surface area contributed by atoms with Crippen molar-refractivity contribution in [2.45, 2.75) is 19.1 Å². The first-order chi connectivity index (χ1) is 14.2. The van der Waals surface area contributed by atoms with Crippen LogP contribution in [0.4, 0.5) is 5.69 Å². The lowest BCUT2D eigenvalue weighted by Gasteiger charge is -2.18. The predicted octanol–water partition coefficient (Wildman–Crippen LogP) is 3.30. The molecule has 0 saturated carbocycles. The number of aromatic nitrogens is 2. The second-order valence-electron chi connectivity index (χ2n) is 7.07. The lowest BCUT2D eigenvalue weighted by atomic mass is 10.1. The maximum Gasteiger partial charge on any atom is 0.251 e. The molecule has 0 aliphatic carbocycles. The van der Waals surface area contributed by atoms with Crippen molar-refractivity contribution in [2.24, 2.45) is 0 Å². The Bertz CT molecular complexity index is 960. The maximum atomic E-state index is 12.6. The Kier molecular flexibility index (Phi) is 5.81. The summed E-state index contributed by atoms with van der Waals surface area (Å²) in [6, 6.07) is 15.4. The average Bonchev–Trinajstić information content (AvgIpc) is 3.28. The van der Waals surface area contributed by atoms with Gasteiger partial charge in [0.1, 0.15) is 0 Å². The molecule has 6 nitrogen and oxygen atoms in total. The molecule has 4 rings (SSSR count). The first-order valence-corrected chi connectivity index (χ1v) is 9.75. The smallest absolute Gasteiger partial charge is 0.251 e. The van der Waals surface area contributed by atoms with Crippen LogP contribution in [-0.4, -0.2) is 42.2 Å². The fraction of sp³-hybridized carbons (Fsp3) is 0.261. The van der Waals surface area contributed by atoms with Gasteiger partial charge in [0.25, 0.3) is 5.91 Å². The zero-order chi connectivity index (χ0) is 20.1. The van der Waals surface area contributed by atoms with E-state index in [-0.39, 0.29) is 12.0 Å². The molecule has 1 N–H and O–H groups in total. The lowest BCUT2D eigenvalue weighted by Crippen LogP contribution is -2.24. The van der Waals surface area contributed by atoms with E-state index >= 15 is 0 Å². The van der Waals surface area contributed by atoms with Crippen LogP contribution >= 0.6 is 0 Å². The summed E-state index contributed by atoms with van der Waals surface area (Å²) in [5, 5.41) is 3.00. The SMILES string of the molecule is COC1CCN(c2ccc(C(=O)NCc3cccnc3-c3ccncc3)cc2)C1. The third-order valence-electron chi connectivity index (χ3n) is 5.26. The fourth-order valence-electron chi connectivity index (χ4n) is 3.61. The summed E-state index contributed by atoms with van der Waals surface area (Å²) in [5.74, 6) is -0.0997. The summed E-state index contributed by atoms with van der Waals surface area (Å²) in [5.41, 5.74) is 4.56. The standard InChI is InChI=1S/C23H24N4O2/c1-29-21-10-14-27(16-21)20-6-4-18(5-7-20)23(28)26-15-19-3-2-11-25-22(19)17-8-12-24-13-9-17/h2-9,11-13,21H,10,14-16H2,1H3,(H,26,28). The van der Waals surface area contributed by atoms with Crippen LogP contribution in [0.15, 0.2) is 67.1 Å². The number of benzene rings is 1. The van der Waals surface area contributed by atoms with E-state index in [0.29, 0.717) is 12.1 Å². The second-order valence-corrected chi connectivity index (χ2v) is 7.07. The van der Waals surface area contributed by atoms with Crippen LogP contribution in [0.5, 0.6) is 0 Å². The molecule has 1 aliphatic heterocycles. The molecule has 1 aliphatic rings. The number of methoxy groups -OCH3 is 1. The van der Waals surface area contributed by atoms with Crippen LogP contribution < -0.4 is 10.2 Å². The molecule has 2 aromatic heterocycles. The number of amides is 1. The highest BCUT2D eigenvalue weighted by Gasteiger charge is 2.22. The minimum Gasteiger partial charge on any atom is -0.380 e. The van der Waals surface area contributed by atoms with Gasteiger partial charge >= 0.3 is 0 Å². The highest BCUT2D eigenvalue weighted by Crippen LogP contribution is 2.23. The van der Waals surface area contributed by atoms with Crippen LogP contribution in [-0.2, 0) is 11.3 Å². The lowest BCUT2D eigenvalue weighted by molar-refractivity contribution is 0.0951. The summed E-state index contributed by atoms with van der Waals surface area (Å²) in [6.07, 6.45) is 6.55. The molecule has 0 bridgehead atoms. The van der Waals surface area contributed by atoms with Crippen LogP contribution in [0.1, 0.15) is 22.3 Å². The molecule has 29 heavy (non-hydrogen) atoms. The van der Waals surface area contributed by atoms with Gasteiger partial charge in [0, 0.05) is 62.1 Å². The van der Waals surface area contributed by atoms with Crippen LogP contribution in [0.3, 0.4) is 0 Å². The molecular weight excluding hydrogens is 364 g/mol. The normalized spacial score (nSPS) is 16.0. The predicted molar refractivity (Wildman–Crippen MR) is 113 cm³/mol. The molecule has 1 amide bonds. The Morgan fingerprint density at radius 1 is 1.14 bits per heavy atom. The number of nitrogens with one attached hydrogen (secondary N) is 1. The number of rotatable bonds is 6. The fourth-order valence-corrected chi connectivity index (χ4v) is 3.61. The van der Waals surface area contributed by atoms with Crippen molar-refractivity contribution in [3.63, 3.8) is 0 Å². The first-order valence-electron chi connectivity index (χ1n) is 9.75. The highest BCUT2D eigenvalue weighted by molar-refractivity contribution is 5.94. The molecular formula is C23H24N4O2. The number of hydrogen-bond acceptors (Lipinski definition) is 5. The monoisotopic (exact) mass is 388 g/mol. The van der Waals surface area contributed by atoms with E-state index in [4.69, 9.17) is 4.74 Å². The summed E-state index contributed by atoms with van der Waals surface area (Å²) >= 11 is 0. The molecule has 1 fully saturated rings. The minimum absolute atomic E-state index is 0.0997. The topological polar surface area (TPSA) is 67.3 Å². The molecule has 3 aromatic rings. The van der Waals surface area contributed by atoms with E-state index in [1.54, 1.807) is 25.7 Å². The molecule has 0 radical (unpaired) electrons. The van der Waals surface area contributed by atoms with Crippen molar-refractivity contribution in [1.29, 1.82) is 0 Å². The van der Waals surface area contributed by atoms with E-state index in [1.165, 1.54) is 0 Å². The Hall–Kier alpha value is -3.25. The average molecular weight is 388 g/mol. The number of hydrogen-bond donors (Lipinski definition) is 1. The zero-order valence-electron chi connectivity index (χ0n) is 16.4. The number of anilines is 1. The maximum absolute atomic E-state index is 12.6. The van der Waals surface area contributed by atoms with Gasteiger partial charge in [-0.15, -0.1) is 0 Å².